The van der Waals surface area contributed by atoms with Crippen LogP contribution in [0, 0.1) is 5.41 Å². The second kappa shape index (κ2) is 6.94. The molecule has 0 aromatic heterocycles. The number of hydrogen-bond donors (Lipinski definition) is 1. The van der Waals surface area contributed by atoms with Gasteiger partial charge in [0.1, 0.15) is 0 Å². The summed E-state index contributed by atoms with van der Waals surface area (Å²) in [6.07, 6.45) is 2.39. The summed E-state index contributed by atoms with van der Waals surface area (Å²) in [5.41, 5.74) is 3.27. The van der Waals surface area contributed by atoms with E-state index >= 15 is 0 Å². The van der Waals surface area contributed by atoms with Crippen LogP contribution in [0.25, 0.3) is 0 Å². The van der Waals surface area contributed by atoms with E-state index in [0.29, 0.717) is 11.3 Å². The lowest BCUT2D eigenvalue weighted by molar-refractivity contribution is 0.327. The van der Waals surface area contributed by atoms with E-state index < -0.39 is 0 Å². The van der Waals surface area contributed by atoms with Crippen molar-refractivity contribution in [1.29, 1.82) is 0 Å². The standard InChI is InChI=1S/C17H29N/c1-6-18-12-11-17(4,5)13-15-7-9-16(10-8-15)14(2)3/h7-10,14,18H,6,11-13H2,1-5H3. The van der Waals surface area contributed by atoms with Crippen LogP contribution in [0.2, 0.25) is 0 Å². The molecule has 0 atom stereocenters. The number of rotatable bonds is 7. The van der Waals surface area contributed by atoms with Gasteiger partial charge in [-0.05, 0) is 48.4 Å². The third-order valence-electron chi connectivity index (χ3n) is 3.56. The van der Waals surface area contributed by atoms with Gasteiger partial charge >= 0.3 is 0 Å². The van der Waals surface area contributed by atoms with Crippen molar-refractivity contribution < 1.29 is 0 Å². The van der Waals surface area contributed by atoms with Gasteiger partial charge < -0.3 is 5.32 Å². The molecule has 0 heterocycles. The van der Waals surface area contributed by atoms with Crippen LogP contribution in [0.1, 0.15) is 58.1 Å². The van der Waals surface area contributed by atoms with Gasteiger partial charge in [0, 0.05) is 0 Å². The number of benzene rings is 1. The Bertz CT molecular complexity index is 335. The first-order valence-electron chi connectivity index (χ1n) is 7.24. The fourth-order valence-corrected chi connectivity index (χ4v) is 2.26. The Balaban J connectivity index is 2.55. The van der Waals surface area contributed by atoms with Gasteiger partial charge in [-0.1, -0.05) is 58.9 Å². The van der Waals surface area contributed by atoms with Crippen molar-refractivity contribution in [3.05, 3.63) is 35.4 Å². The molecule has 0 saturated carbocycles. The molecule has 1 N–H and O–H groups in total. The van der Waals surface area contributed by atoms with E-state index in [4.69, 9.17) is 0 Å². The van der Waals surface area contributed by atoms with Gasteiger partial charge in [-0.3, -0.25) is 0 Å². The van der Waals surface area contributed by atoms with Gasteiger partial charge in [0.2, 0.25) is 0 Å². The summed E-state index contributed by atoms with van der Waals surface area (Å²) >= 11 is 0. The molecular formula is C17H29N. The molecule has 0 bridgehead atoms. The van der Waals surface area contributed by atoms with Crippen LogP contribution in [0.5, 0.6) is 0 Å². The highest BCUT2D eigenvalue weighted by molar-refractivity contribution is 5.25. The molecule has 0 aliphatic heterocycles. The second-order valence-electron chi connectivity index (χ2n) is 6.34. The van der Waals surface area contributed by atoms with E-state index in [1.54, 1.807) is 0 Å². The van der Waals surface area contributed by atoms with Crippen LogP contribution in [0.4, 0.5) is 0 Å². The third kappa shape index (κ3) is 5.22. The predicted octanol–water partition coefficient (Wildman–Crippen LogP) is 4.38. The van der Waals surface area contributed by atoms with E-state index in [-0.39, 0.29) is 0 Å². The van der Waals surface area contributed by atoms with Gasteiger partial charge in [-0.2, -0.15) is 0 Å². The molecule has 0 aliphatic carbocycles. The minimum atomic E-state index is 0.377. The van der Waals surface area contributed by atoms with E-state index in [9.17, 15) is 0 Å². The molecule has 0 fully saturated rings. The molecule has 0 amide bonds. The lowest BCUT2D eigenvalue weighted by atomic mass is 9.82. The Morgan fingerprint density at radius 2 is 1.72 bits per heavy atom. The largest absolute Gasteiger partial charge is 0.317 e. The Morgan fingerprint density at radius 1 is 1.11 bits per heavy atom. The Kier molecular flexibility index (Phi) is 5.87. The fraction of sp³-hybridized carbons (Fsp3) is 0.647. The number of nitrogens with one attached hydrogen (secondary N) is 1. The molecule has 0 radical (unpaired) electrons. The van der Waals surface area contributed by atoms with Crippen LogP contribution in [-0.4, -0.2) is 13.1 Å². The smallest absolute Gasteiger partial charge is 0.00438 e. The maximum absolute atomic E-state index is 3.41. The average Bonchev–Trinajstić information content (AvgIpc) is 2.29. The highest BCUT2D eigenvalue weighted by atomic mass is 14.8. The first-order chi connectivity index (χ1) is 8.44. The van der Waals surface area contributed by atoms with Crippen LogP contribution in [0.15, 0.2) is 24.3 Å². The van der Waals surface area contributed by atoms with Gasteiger partial charge in [-0.25, -0.2) is 0 Å². The zero-order chi connectivity index (χ0) is 13.6. The van der Waals surface area contributed by atoms with Crippen molar-refractivity contribution in [1.82, 2.24) is 5.32 Å². The normalized spacial score (nSPS) is 12.1. The maximum atomic E-state index is 3.41. The Morgan fingerprint density at radius 3 is 2.22 bits per heavy atom. The molecule has 0 spiro atoms. The van der Waals surface area contributed by atoms with Crippen molar-refractivity contribution in [2.75, 3.05) is 13.1 Å². The number of hydrogen-bond acceptors (Lipinski definition) is 1. The molecule has 0 unspecified atom stereocenters. The molecule has 1 heteroatoms. The molecular weight excluding hydrogens is 218 g/mol. The topological polar surface area (TPSA) is 12.0 Å². The second-order valence-corrected chi connectivity index (χ2v) is 6.34. The SMILES string of the molecule is CCNCCC(C)(C)Cc1ccc(C(C)C)cc1. The van der Waals surface area contributed by atoms with Crippen LogP contribution in [-0.2, 0) is 6.42 Å². The third-order valence-corrected chi connectivity index (χ3v) is 3.56. The summed E-state index contributed by atoms with van der Waals surface area (Å²) in [7, 11) is 0. The first-order valence-corrected chi connectivity index (χ1v) is 7.24. The van der Waals surface area contributed by atoms with Crippen molar-refractivity contribution in [2.45, 2.75) is 53.4 Å². The average molecular weight is 247 g/mol. The monoisotopic (exact) mass is 247 g/mol. The van der Waals surface area contributed by atoms with Gasteiger partial charge in [-0.15, -0.1) is 0 Å². The molecule has 1 aromatic carbocycles. The summed E-state index contributed by atoms with van der Waals surface area (Å²) in [6, 6.07) is 9.15. The Hall–Kier alpha value is -0.820. The first kappa shape index (κ1) is 15.2. The molecule has 18 heavy (non-hydrogen) atoms. The predicted molar refractivity (Wildman–Crippen MR) is 81.2 cm³/mol. The maximum Gasteiger partial charge on any atom is -0.00438 e. The molecule has 0 aliphatic rings. The van der Waals surface area contributed by atoms with Crippen molar-refractivity contribution in [3.8, 4) is 0 Å². The fourth-order valence-electron chi connectivity index (χ4n) is 2.26. The van der Waals surface area contributed by atoms with Crippen LogP contribution in [0.3, 0.4) is 0 Å². The quantitative estimate of drug-likeness (QED) is 0.705. The Labute approximate surface area is 113 Å². The van der Waals surface area contributed by atoms with Crippen LogP contribution < -0.4 is 5.32 Å². The zero-order valence-electron chi connectivity index (χ0n) is 12.7. The van der Waals surface area contributed by atoms with E-state index in [1.165, 1.54) is 17.5 Å². The molecule has 0 saturated heterocycles. The van der Waals surface area contributed by atoms with Crippen LogP contribution >= 0.6 is 0 Å². The van der Waals surface area contributed by atoms with Crippen molar-refractivity contribution >= 4 is 0 Å². The summed E-state index contributed by atoms with van der Waals surface area (Å²) < 4.78 is 0. The minimum Gasteiger partial charge on any atom is -0.317 e. The highest BCUT2D eigenvalue weighted by Gasteiger charge is 2.17. The summed E-state index contributed by atoms with van der Waals surface area (Å²) in [6.45, 7) is 13.6. The lowest BCUT2D eigenvalue weighted by Crippen LogP contribution is -2.23. The van der Waals surface area contributed by atoms with Gasteiger partial charge in [0.25, 0.3) is 0 Å². The van der Waals surface area contributed by atoms with Crippen molar-refractivity contribution in [3.63, 3.8) is 0 Å². The van der Waals surface area contributed by atoms with Crippen molar-refractivity contribution in [2.24, 2.45) is 5.41 Å². The van der Waals surface area contributed by atoms with E-state index in [2.05, 4.69) is 64.2 Å². The summed E-state index contributed by atoms with van der Waals surface area (Å²) in [5.74, 6) is 0.626. The minimum absolute atomic E-state index is 0.377. The molecule has 1 aromatic rings. The van der Waals surface area contributed by atoms with E-state index in [1.807, 2.05) is 0 Å². The van der Waals surface area contributed by atoms with E-state index in [0.717, 1.165) is 19.5 Å². The van der Waals surface area contributed by atoms with Gasteiger partial charge in [0.15, 0.2) is 0 Å². The molecule has 1 nitrogen and oxygen atoms in total. The lowest BCUT2D eigenvalue weighted by Gasteiger charge is -2.25. The summed E-state index contributed by atoms with van der Waals surface area (Å²) in [5, 5.41) is 3.41. The zero-order valence-corrected chi connectivity index (χ0v) is 12.7. The molecule has 102 valence electrons. The summed E-state index contributed by atoms with van der Waals surface area (Å²) in [4.78, 5) is 0. The molecule has 1 rings (SSSR count). The highest BCUT2D eigenvalue weighted by Crippen LogP contribution is 2.26. The van der Waals surface area contributed by atoms with Gasteiger partial charge in [0.05, 0.1) is 0 Å².